The summed E-state index contributed by atoms with van der Waals surface area (Å²) in [5, 5.41) is 0.589. The molecule has 1 aromatic rings. The molecule has 1 aliphatic carbocycles. The molecule has 3 nitrogen and oxygen atoms in total. The number of fused-ring (bicyclic) bond motifs is 1. The molecule has 0 aliphatic heterocycles. The number of hydrogen-bond donors (Lipinski definition) is 1. The van der Waals surface area contributed by atoms with Crippen LogP contribution in [0.3, 0.4) is 0 Å². The highest BCUT2D eigenvalue weighted by Gasteiger charge is 2.16. The highest BCUT2D eigenvalue weighted by Crippen LogP contribution is 2.25. The first-order chi connectivity index (χ1) is 6.18. The molecule has 1 aromatic heterocycles. The maximum Gasteiger partial charge on any atom is 0.255 e. The lowest BCUT2D eigenvalue weighted by molar-refractivity contribution is 0.913. The van der Waals surface area contributed by atoms with Crippen LogP contribution in [0.15, 0.2) is 10.9 Å². The van der Waals surface area contributed by atoms with Crippen LogP contribution in [-0.4, -0.2) is 9.97 Å². The SMILES string of the molecule is O=c1[nH]c(Cl)nc2c1CCC=C2Cl. The highest BCUT2D eigenvalue weighted by molar-refractivity contribution is 6.48. The van der Waals surface area contributed by atoms with Crippen molar-refractivity contribution in [1.82, 2.24) is 9.97 Å². The molecule has 5 heteroatoms. The molecule has 13 heavy (non-hydrogen) atoms. The number of hydrogen-bond acceptors (Lipinski definition) is 2. The maximum atomic E-state index is 11.4. The Morgan fingerprint density at radius 1 is 1.46 bits per heavy atom. The van der Waals surface area contributed by atoms with Crippen molar-refractivity contribution in [2.75, 3.05) is 0 Å². The van der Waals surface area contributed by atoms with Crippen molar-refractivity contribution in [2.45, 2.75) is 12.8 Å². The van der Waals surface area contributed by atoms with Crippen molar-refractivity contribution >= 4 is 28.2 Å². The highest BCUT2D eigenvalue weighted by atomic mass is 35.5. The number of H-pyrrole nitrogens is 1. The predicted octanol–water partition coefficient (Wildman–Crippen LogP) is 1.95. The summed E-state index contributed by atoms with van der Waals surface area (Å²) in [4.78, 5) is 17.8. The van der Waals surface area contributed by atoms with E-state index in [2.05, 4.69) is 9.97 Å². The van der Waals surface area contributed by atoms with Gasteiger partial charge in [0.25, 0.3) is 5.56 Å². The van der Waals surface area contributed by atoms with Gasteiger partial charge in [-0.3, -0.25) is 9.78 Å². The van der Waals surface area contributed by atoms with E-state index in [0.717, 1.165) is 6.42 Å². The normalized spacial score (nSPS) is 15.1. The maximum absolute atomic E-state index is 11.4. The first-order valence-corrected chi connectivity index (χ1v) is 4.59. The van der Waals surface area contributed by atoms with E-state index in [-0.39, 0.29) is 10.8 Å². The van der Waals surface area contributed by atoms with Gasteiger partial charge >= 0.3 is 0 Å². The van der Waals surface area contributed by atoms with E-state index < -0.39 is 0 Å². The number of rotatable bonds is 0. The monoisotopic (exact) mass is 216 g/mol. The van der Waals surface area contributed by atoms with E-state index in [4.69, 9.17) is 23.2 Å². The van der Waals surface area contributed by atoms with Crippen molar-refractivity contribution in [3.05, 3.63) is 33.0 Å². The van der Waals surface area contributed by atoms with Crippen LogP contribution in [0.5, 0.6) is 0 Å². The average Bonchev–Trinajstić information content (AvgIpc) is 2.07. The Bertz CT molecular complexity index is 436. The quantitative estimate of drug-likeness (QED) is 0.675. The third-order valence-corrected chi connectivity index (χ3v) is 2.44. The molecular formula is C8H6Cl2N2O. The first kappa shape index (κ1) is 8.78. The van der Waals surface area contributed by atoms with Crippen LogP contribution < -0.4 is 5.56 Å². The van der Waals surface area contributed by atoms with Crippen LogP contribution in [0, 0.1) is 0 Å². The van der Waals surface area contributed by atoms with Crippen molar-refractivity contribution in [1.29, 1.82) is 0 Å². The van der Waals surface area contributed by atoms with Crippen LogP contribution in [-0.2, 0) is 6.42 Å². The molecule has 2 rings (SSSR count). The molecule has 0 saturated carbocycles. The molecule has 0 aromatic carbocycles. The summed E-state index contributed by atoms with van der Waals surface area (Å²) in [6.45, 7) is 0. The Balaban J connectivity index is 2.73. The molecule has 0 unspecified atom stereocenters. The standard InChI is InChI=1S/C8H6Cl2N2O/c9-5-3-1-2-4-6(5)11-8(10)12-7(4)13/h3H,1-2H2,(H,11,12,13). The fourth-order valence-corrected chi connectivity index (χ4v) is 1.78. The van der Waals surface area contributed by atoms with Gasteiger partial charge in [0.05, 0.1) is 10.7 Å². The van der Waals surface area contributed by atoms with Crippen LogP contribution in [0.25, 0.3) is 5.03 Å². The molecule has 0 radical (unpaired) electrons. The van der Waals surface area contributed by atoms with Gasteiger partial charge < -0.3 is 0 Å². The van der Waals surface area contributed by atoms with Crippen LogP contribution >= 0.6 is 23.2 Å². The van der Waals surface area contributed by atoms with E-state index >= 15 is 0 Å². The number of aromatic amines is 1. The summed E-state index contributed by atoms with van der Waals surface area (Å²) in [6, 6.07) is 0. The minimum Gasteiger partial charge on any atom is -0.297 e. The van der Waals surface area contributed by atoms with Gasteiger partial charge in [0, 0.05) is 5.56 Å². The summed E-state index contributed by atoms with van der Waals surface area (Å²) >= 11 is 11.5. The number of nitrogens with one attached hydrogen (secondary N) is 1. The molecule has 0 atom stereocenters. The molecule has 1 aliphatic rings. The van der Waals surface area contributed by atoms with Gasteiger partial charge in [-0.15, -0.1) is 0 Å². The Morgan fingerprint density at radius 2 is 2.23 bits per heavy atom. The van der Waals surface area contributed by atoms with E-state index in [1.165, 1.54) is 0 Å². The number of nitrogens with zero attached hydrogens (tertiary/aromatic N) is 1. The molecule has 0 amide bonds. The Labute approximate surface area is 84.4 Å². The summed E-state index contributed by atoms with van der Waals surface area (Å²) in [6.07, 6.45) is 3.29. The van der Waals surface area contributed by atoms with Crippen molar-refractivity contribution in [3.8, 4) is 0 Å². The summed E-state index contributed by atoms with van der Waals surface area (Å²) in [7, 11) is 0. The molecule has 1 heterocycles. The zero-order chi connectivity index (χ0) is 9.42. The van der Waals surface area contributed by atoms with Gasteiger partial charge in [-0.1, -0.05) is 17.7 Å². The molecule has 68 valence electrons. The van der Waals surface area contributed by atoms with Gasteiger partial charge in [0.15, 0.2) is 0 Å². The fourth-order valence-electron chi connectivity index (χ4n) is 1.34. The minimum absolute atomic E-state index is 0.0807. The lowest BCUT2D eigenvalue weighted by Crippen LogP contribution is -2.18. The van der Waals surface area contributed by atoms with Crippen molar-refractivity contribution < 1.29 is 0 Å². The van der Waals surface area contributed by atoms with Crippen molar-refractivity contribution in [2.24, 2.45) is 0 Å². The topological polar surface area (TPSA) is 45.8 Å². The third kappa shape index (κ3) is 1.49. The van der Waals surface area contributed by atoms with Crippen molar-refractivity contribution in [3.63, 3.8) is 0 Å². The van der Waals surface area contributed by atoms with E-state index in [1.54, 1.807) is 0 Å². The largest absolute Gasteiger partial charge is 0.297 e. The molecule has 0 fully saturated rings. The molecule has 0 bridgehead atoms. The second kappa shape index (κ2) is 3.16. The second-order valence-corrected chi connectivity index (χ2v) is 3.54. The Hall–Kier alpha value is -0.800. The summed E-state index contributed by atoms with van der Waals surface area (Å²) < 4.78 is 0. The van der Waals surface area contributed by atoms with Gasteiger partial charge in [-0.25, -0.2) is 4.98 Å². The van der Waals surface area contributed by atoms with Gasteiger partial charge in [0.1, 0.15) is 0 Å². The molecular weight excluding hydrogens is 211 g/mol. The second-order valence-electron chi connectivity index (χ2n) is 2.77. The third-order valence-electron chi connectivity index (χ3n) is 1.93. The zero-order valence-corrected chi connectivity index (χ0v) is 8.11. The van der Waals surface area contributed by atoms with Gasteiger partial charge in [-0.2, -0.15) is 0 Å². The lowest BCUT2D eigenvalue weighted by atomic mass is 10.0. The van der Waals surface area contributed by atoms with E-state index in [9.17, 15) is 4.79 Å². The summed E-state index contributed by atoms with van der Waals surface area (Å²) in [5.74, 6) is 0. The molecule has 0 saturated heterocycles. The smallest absolute Gasteiger partial charge is 0.255 e. The number of allylic oxidation sites excluding steroid dienone is 1. The number of aromatic nitrogens is 2. The van der Waals surface area contributed by atoms with Crippen LogP contribution in [0.2, 0.25) is 5.28 Å². The van der Waals surface area contributed by atoms with E-state index in [0.29, 0.717) is 22.7 Å². The van der Waals surface area contributed by atoms with Crippen LogP contribution in [0.1, 0.15) is 17.7 Å². The average molecular weight is 217 g/mol. The van der Waals surface area contributed by atoms with E-state index in [1.807, 2.05) is 6.08 Å². The molecule has 0 spiro atoms. The fraction of sp³-hybridized carbons (Fsp3) is 0.250. The Morgan fingerprint density at radius 3 is 3.00 bits per heavy atom. The van der Waals surface area contributed by atoms with Gasteiger partial charge in [-0.05, 0) is 24.4 Å². The minimum atomic E-state index is -0.193. The molecule has 1 N–H and O–H groups in total. The zero-order valence-electron chi connectivity index (χ0n) is 6.60. The Kier molecular flexibility index (Phi) is 2.14. The predicted molar refractivity (Wildman–Crippen MR) is 52.0 cm³/mol. The lowest BCUT2D eigenvalue weighted by Gasteiger charge is -2.10. The first-order valence-electron chi connectivity index (χ1n) is 3.83. The van der Waals surface area contributed by atoms with Gasteiger partial charge in [0.2, 0.25) is 5.28 Å². The van der Waals surface area contributed by atoms with Crippen LogP contribution in [0.4, 0.5) is 0 Å². The number of halogens is 2. The summed E-state index contributed by atoms with van der Waals surface area (Å²) in [5.41, 5.74) is 0.944.